The van der Waals surface area contributed by atoms with E-state index in [1.165, 1.54) is 0 Å². The quantitative estimate of drug-likeness (QED) is 0.686. The Bertz CT molecular complexity index is 607. The summed E-state index contributed by atoms with van der Waals surface area (Å²) in [5, 5.41) is 0. The van der Waals surface area contributed by atoms with Gasteiger partial charge in [-0.1, -0.05) is 12.1 Å². The first-order valence-electron chi connectivity index (χ1n) is 4.40. The standard InChI is InChI=1S/C9H5F5O4S/c10-7(8(11)12)9(13,14)18-5-3-1-2-4-6(5)19(15,16)17/h1-4H,(H,15,16,17). The first-order chi connectivity index (χ1) is 8.55. The monoisotopic (exact) mass is 304 g/mol. The maximum Gasteiger partial charge on any atom is 0.459 e. The van der Waals surface area contributed by atoms with E-state index in [0.717, 1.165) is 12.1 Å². The lowest BCUT2D eigenvalue weighted by atomic mass is 10.3. The average molecular weight is 304 g/mol. The molecule has 0 amide bonds. The van der Waals surface area contributed by atoms with Crippen LogP contribution in [0.25, 0.3) is 0 Å². The number of alkyl halides is 2. The number of ether oxygens (including phenoxy) is 1. The summed E-state index contributed by atoms with van der Waals surface area (Å²) >= 11 is 0. The van der Waals surface area contributed by atoms with Gasteiger partial charge in [-0.15, -0.1) is 0 Å². The third kappa shape index (κ3) is 3.64. The first-order valence-corrected chi connectivity index (χ1v) is 5.84. The Kier molecular flexibility index (Phi) is 4.15. The van der Waals surface area contributed by atoms with E-state index in [4.69, 9.17) is 4.55 Å². The summed E-state index contributed by atoms with van der Waals surface area (Å²) in [5.74, 6) is -4.33. The van der Waals surface area contributed by atoms with Gasteiger partial charge in [0.25, 0.3) is 15.9 Å². The second-order valence-electron chi connectivity index (χ2n) is 3.12. The summed E-state index contributed by atoms with van der Waals surface area (Å²) < 4.78 is 95.7. The lowest BCUT2D eigenvalue weighted by molar-refractivity contribution is -0.161. The molecule has 106 valence electrons. The van der Waals surface area contributed by atoms with Gasteiger partial charge in [0.1, 0.15) is 10.6 Å². The molecule has 0 aromatic heterocycles. The third-order valence-corrected chi connectivity index (χ3v) is 2.68. The molecule has 19 heavy (non-hydrogen) atoms. The highest BCUT2D eigenvalue weighted by molar-refractivity contribution is 7.86. The van der Waals surface area contributed by atoms with Gasteiger partial charge in [0.15, 0.2) is 0 Å². The molecule has 10 heteroatoms. The Morgan fingerprint density at radius 1 is 1.16 bits per heavy atom. The van der Waals surface area contributed by atoms with Crippen molar-refractivity contribution in [3.05, 3.63) is 36.2 Å². The molecule has 1 aromatic rings. The number of halogens is 5. The van der Waals surface area contributed by atoms with E-state index in [1.807, 2.05) is 0 Å². The molecule has 0 aliphatic carbocycles. The maximum atomic E-state index is 12.9. The van der Waals surface area contributed by atoms with Crippen molar-refractivity contribution < 1.29 is 39.7 Å². The van der Waals surface area contributed by atoms with E-state index >= 15 is 0 Å². The lowest BCUT2D eigenvalue weighted by Gasteiger charge is -2.16. The van der Waals surface area contributed by atoms with Crippen LogP contribution in [0.3, 0.4) is 0 Å². The molecule has 0 unspecified atom stereocenters. The zero-order valence-electron chi connectivity index (χ0n) is 8.78. The fraction of sp³-hybridized carbons (Fsp3) is 0.111. The van der Waals surface area contributed by atoms with Gasteiger partial charge in [-0.25, -0.2) is 0 Å². The predicted octanol–water partition coefficient (Wildman–Crippen LogP) is 2.98. The van der Waals surface area contributed by atoms with Crippen molar-refractivity contribution in [2.24, 2.45) is 0 Å². The minimum atomic E-state index is -5.07. The highest BCUT2D eigenvalue weighted by Gasteiger charge is 2.43. The SMILES string of the molecule is O=S(=O)(O)c1ccccc1OC(F)(F)C(F)=C(F)F. The van der Waals surface area contributed by atoms with E-state index in [9.17, 15) is 30.4 Å². The molecule has 0 saturated heterocycles. The molecular formula is C9H5F5O4S. The molecule has 1 N–H and O–H groups in total. The summed E-state index contributed by atoms with van der Waals surface area (Å²) in [6.45, 7) is 0. The largest absolute Gasteiger partial charge is 0.459 e. The number of hydrogen-bond donors (Lipinski definition) is 1. The van der Waals surface area contributed by atoms with Crippen LogP contribution in [0.15, 0.2) is 41.1 Å². The minimum Gasteiger partial charge on any atom is -0.426 e. The van der Waals surface area contributed by atoms with Crippen LogP contribution in [-0.2, 0) is 10.1 Å². The number of hydrogen-bond acceptors (Lipinski definition) is 3. The highest BCUT2D eigenvalue weighted by atomic mass is 32.2. The van der Waals surface area contributed by atoms with Crippen molar-refractivity contribution in [1.29, 1.82) is 0 Å². The molecule has 0 fully saturated rings. The number of benzene rings is 1. The molecular weight excluding hydrogens is 299 g/mol. The molecule has 0 aliphatic rings. The van der Waals surface area contributed by atoms with Crippen LogP contribution in [0.4, 0.5) is 22.0 Å². The van der Waals surface area contributed by atoms with Crippen LogP contribution in [0.1, 0.15) is 0 Å². The van der Waals surface area contributed by atoms with Crippen LogP contribution in [-0.4, -0.2) is 19.1 Å². The Morgan fingerprint density at radius 3 is 2.16 bits per heavy atom. The molecule has 0 aliphatic heterocycles. The Hall–Kier alpha value is -1.68. The van der Waals surface area contributed by atoms with Crippen molar-refractivity contribution in [2.45, 2.75) is 11.0 Å². The van der Waals surface area contributed by atoms with E-state index in [-0.39, 0.29) is 0 Å². The average Bonchev–Trinajstić information content (AvgIpc) is 2.26. The van der Waals surface area contributed by atoms with Crippen molar-refractivity contribution in [1.82, 2.24) is 0 Å². The maximum absolute atomic E-state index is 12.9. The second kappa shape index (κ2) is 5.13. The fourth-order valence-corrected chi connectivity index (χ4v) is 1.65. The van der Waals surface area contributed by atoms with Gasteiger partial charge in [-0.2, -0.15) is 30.4 Å². The van der Waals surface area contributed by atoms with Crippen molar-refractivity contribution >= 4 is 10.1 Å². The van der Waals surface area contributed by atoms with E-state index < -0.39 is 38.8 Å². The van der Waals surface area contributed by atoms with Crippen LogP contribution >= 0.6 is 0 Å². The van der Waals surface area contributed by atoms with Gasteiger partial charge in [0, 0.05) is 0 Å². The van der Waals surface area contributed by atoms with Crippen molar-refractivity contribution in [3.8, 4) is 5.75 Å². The van der Waals surface area contributed by atoms with Gasteiger partial charge < -0.3 is 4.74 Å². The molecule has 0 heterocycles. The van der Waals surface area contributed by atoms with Crippen LogP contribution in [0, 0.1) is 0 Å². The molecule has 0 bridgehead atoms. The van der Waals surface area contributed by atoms with Crippen molar-refractivity contribution in [2.75, 3.05) is 0 Å². The fourth-order valence-electron chi connectivity index (χ4n) is 1.04. The molecule has 0 spiro atoms. The summed E-state index contributed by atoms with van der Waals surface area (Å²) in [5.41, 5.74) is 0. The van der Waals surface area contributed by atoms with Gasteiger partial charge in [-0.05, 0) is 12.1 Å². The lowest BCUT2D eigenvalue weighted by Crippen LogP contribution is -2.26. The third-order valence-electron chi connectivity index (χ3n) is 1.79. The molecule has 4 nitrogen and oxygen atoms in total. The Morgan fingerprint density at radius 2 is 1.68 bits per heavy atom. The molecule has 0 radical (unpaired) electrons. The van der Waals surface area contributed by atoms with E-state index in [1.54, 1.807) is 0 Å². The zero-order chi connectivity index (χ0) is 14.8. The van der Waals surface area contributed by atoms with E-state index in [2.05, 4.69) is 4.74 Å². The molecule has 1 rings (SSSR count). The predicted molar refractivity (Wildman–Crippen MR) is 52.2 cm³/mol. The summed E-state index contributed by atoms with van der Waals surface area (Å²) in [7, 11) is -4.94. The van der Waals surface area contributed by atoms with Crippen LogP contribution in [0.5, 0.6) is 5.75 Å². The topological polar surface area (TPSA) is 63.6 Å². The zero-order valence-corrected chi connectivity index (χ0v) is 9.60. The first kappa shape index (κ1) is 15.4. The van der Waals surface area contributed by atoms with Crippen molar-refractivity contribution in [3.63, 3.8) is 0 Å². The van der Waals surface area contributed by atoms with Gasteiger partial charge in [0.2, 0.25) is 0 Å². The second-order valence-corrected chi connectivity index (χ2v) is 4.50. The normalized spacial score (nSPS) is 12.1. The summed E-state index contributed by atoms with van der Waals surface area (Å²) in [6, 6.07) is 3.39. The smallest absolute Gasteiger partial charge is 0.426 e. The number of rotatable bonds is 4. The highest BCUT2D eigenvalue weighted by Crippen LogP contribution is 2.34. The van der Waals surface area contributed by atoms with Gasteiger partial charge >= 0.3 is 12.2 Å². The number of para-hydroxylation sites is 1. The minimum absolute atomic E-state index is 0.639. The van der Waals surface area contributed by atoms with Gasteiger partial charge in [-0.3, -0.25) is 4.55 Å². The molecule has 1 aromatic carbocycles. The summed E-state index contributed by atoms with van der Waals surface area (Å²) in [6.07, 6.45) is -8.38. The Balaban J connectivity index is 3.25. The van der Waals surface area contributed by atoms with Gasteiger partial charge in [0.05, 0.1) is 0 Å². The van der Waals surface area contributed by atoms with E-state index in [0.29, 0.717) is 12.1 Å². The van der Waals surface area contributed by atoms with Crippen LogP contribution < -0.4 is 4.74 Å². The summed E-state index contributed by atoms with van der Waals surface area (Å²) in [4.78, 5) is -1.11. The Labute approximate surface area is 103 Å². The molecule has 0 saturated carbocycles. The van der Waals surface area contributed by atoms with Crippen LogP contribution in [0.2, 0.25) is 0 Å². The molecule has 0 atom stereocenters.